The van der Waals surface area contributed by atoms with E-state index in [4.69, 9.17) is 4.74 Å². The predicted molar refractivity (Wildman–Crippen MR) is 70.9 cm³/mol. The molecule has 0 spiro atoms. The average Bonchev–Trinajstić information content (AvgIpc) is 2.79. The van der Waals surface area contributed by atoms with Gasteiger partial charge in [-0.2, -0.15) is 0 Å². The Labute approximate surface area is 106 Å². The smallest absolute Gasteiger partial charge is 0.306 e. The third-order valence-corrected chi connectivity index (χ3v) is 4.40. The summed E-state index contributed by atoms with van der Waals surface area (Å²) in [5.41, 5.74) is -0.106. The van der Waals surface area contributed by atoms with Crippen LogP contribution in [0, 0.1) is 5.92 Å². The number of carbonyl (C=O) groups excluding carboxylic acids is 1. The monoisotopic (exact) mass is 240 g/mol. The molecule has 1 aliphatic rings. The maximum Gasteiger partial charge on any atom is 0.306 e. The second kappa shape index (κ2) is 7.03. The van der Waals surface area contributed by atoms with Crippen LogP contribution < -0.4 is 0 Å². The predicted octanol–water partition coefficient (Wildman–Crippen LogP) is 4.47. The fraction of sp³-hybridized carbons (Fsp3) is 0.933. The number of hydrogen-bond donors (Lipinski definition) is 0. The molecule has 0 aliphatic heterocycles. The van der Waals surface area contributed by atoms with Crippen LogP contribution in [-0.2, 0) is 9.53 Å². The van der Waals surface area contributed by atoms with Gasteiger partial charge in [0.1, 0.15) is 5.60 Å². The minimum Gasteiger partial charge on any atom is -0.459 e. The summed E-state index contributed by atoms with van der Waals surface area (Å²) in [6.45, 7) is 6.54. The van der Waals surface area contributed by atoms with E-state index in [9.17, 15) is 4.79 Å². The lowest BCUT2D eigenvalue weighted by Gasteiger charge is -2.28. The van der Waals surface area contributed by atoms with Gasteiger partial charge in [0, 0.05) is 6.42 Å². The molecule has 0 atom stereocenters. The summed E-state index contributed by atoms with van der Waals surface area (Å²) in [5, 5.41) is 0. The van der Waals surface area contributed by atoms with Crippen molar-refractivity contribution in [3.05, 3.63) is 0 Å². The molecule has 1 fully saturated rings. The molecule has 17 heavy (non-hydrogen) atoms. The molecule has 0 unspecified atom stereocenters. The van der Waals surface area contributed by atoms with E-state index in [2.05, 4.69) is 20.8 Å². The molecular weight excluding hydrogens is 212 g/mol. The van der Waals surface area contributed by atoms with E-state index in [1.54, 1.807) is 0 Å². The van der Waals surface area contributed by atoms with E-state index >= 15 is 0 Å². The van der Waals surface area contributed by atoms with Crippen LogP contribution in [0.5, 0.6) is 0 Å². The van der Waals surface area contributed by atoms with Crippen LogP contribution in [0.4, 0.5) is 0 Å². The Morgan fingerprint density at radius 3 is 2.24 bits per heavy atom. The second-order valence-electron chi connectivity index (χ2n) is 5.44. The number of esters is 1. The zero-order valence-electron chi connectivity index (χ0n) is 11.8. The maximum absolute atomic E-state index is 11.9. The quantitative estimate of drug-likeness (QED) is 0.614. The highest BCUT2D eigenvalue weighted by molar-refractivity contribution is 5.69. The number of rotatable bonds is 7. The summed E-state index contributed by atoms with van der Waals surface area (Å²) in [7, 11) is 0. The van der Waals surface area contributed by atoms with Crippen LogP contribution in [0.25, 0.3) is 0 Å². The van der Waals surface area contributed by atoms with Crippen molar-refractivity contribution in [2.75, 3.05) is 0 Å². The second-order valence-corrected chi connectivity index (χ2v) is 5.44. The number of carbonyl (C=O) groups is 1. The van der Waals surface area contributed by atoms with Crippen molar-refractivity contribution in [3.63, 3.8) is 0 Å². The molecule has 0 aromatic rings. The molecule has 2 heteroatoms. The zero-order chi connectivity index (χ0) is 12.7. The molecule has 0 saturated heterocycles. The first-order valence-electron chi connectivity index (χ1n) is 7.37. The SMILES string of the molecule is CCC(CC)CCC(=O)OC1(CC)CCCC1. The lowest BCUT2D eigenvalue weighted by atomic mass is 9.96. The lowest BCUT2D eigenvalue weighted by Crippen LogP contribution is -2.31. The van der Waals surface area contributed by atoms with Gasteiger partial charge in [0.25, 0.3) is 0 Å². The molecule has 0 radical (unpaired) electrons. The van der Waals surface area contributed by atoms with Crippen molar-refractivity contribution in [1.29, 1.82) is 0 Å². The van der Waals surface area contributed by atoms with Gasteiger partial charge in [-0.25, -0.2) is 0 Å². The van der Waals surface area contributed by atoms with Crippen LogP contribution in [0.3, 0.4) is 0 Å². The summed E-state index contributed by atoms with van der Waals surface area (Å²) < 4.78 is 5.75. The average molecular weight is 240 g/mol. The molecular formula is C15H28O2. The van der Waals surface area contributed by atoms with Gasteiger partial charge in [-0.1, -0.05) is 33.6 Å². The molecule has 100 valence electrons. The fourth-order valence-electron chi connectivity index (χ4n) is 2.86. The first-order valence-corrected chi connectivity index (χ1v) is 7.37. The van der Waals surface area contributed by atoms with Crippen molar-refractivity contribution in [3.8, 4) is 0 Å². The summed E-state index contributed by atoms with van der Waals surface area (Å²) in [4.78, 5) is 11.9. The number of hydrogen-bond acceptors (Lipinski definition) is 2. The van der Waals surface area contributed by atoms with Gasteiger partial charge in [0.15, 0.2) is 0 Å². The molecule has 0 heterocycles. The van der Waals surface area contributed by atoms with Gasteiger partial charge in [0.05, 0.1) is 0 Å². The number of ether oxygens (including phenoxy) is 1. The van der Waals surface area contributed by atoms with Crippen LogP contribution in [0.2, 0.25) is 0 Å². The van der Waals surface area contributed by atoms with E-state index in [1.807, 2.05) is 0 Å². The topological polar surface area (TPSA) is 26.3 Å². The highest BCUT2D eigenvalue weighted by atomic mass is 16.6. The van der Waals surface area contributed by atoms with Gasteiger partial charge < -0.3 is 4.74 Å². The van der Waals surface area contributed by atoms with Crippen molar-refractivity contribution >= 4 is 5.97 Å². The highest BCUT2D eigenvalue weighted by Gasteiger charge is 2.35. The van der Waals surface area contributed by atoms with Gasteiger partial charge >= 0.3 is 5.97 Å². The Morgan fingerprint density at radius 1 is 1.18 bits per heavy atom. The van der Waals surface area contributed by atoms with Gasteiger partial charge in [0.2, 0.25) is 0 Å². The standard InChI is InChI=1S/C15H28O2/c1-4-13(5-2)9-10-14(16)17-15(6-3)11-7-8-12-15/h13H,4-12H2,1-3H3. The van der Waals surface area contributed by atoms with Crippen molar-refractivity contribution in [2.24, 2.45) is 5.92 Å². The molecule has 1 saturated carbocycles. The highest BCUT2D eigenvalue weighted by Crippen LogP contribution is 2.36. The summed E-state index contributed by atoms with van der Waals surface area (Å²) in [6.07, 6.45) is 9.48. The van der Waals surface area contributed by atoms with Crippen molar-refractivity contribution in [2.45, 2.75) is 84.2 Å². The minimum atomic E-state index is -0.106. The van der Waals surface area contributed by atoms with E-state index in [0.717, 1.165) is 25.7 Å². The Hall–Kier alpha value is -0.530. The van der Waals surface area contributed by atoms with E-state index in [-0.39, 0.29) is 11.6 Å². The maximum atomic E-state index is 11.9. The minimum absolute atomic E-state index is 0.0284. The largest absolute Gasteiger partial charge is 0.459 e. The summed E-state index contributed by atoms with van der Waals surface area (Å²) >= 11 is 0. The van der Waals surface area contributed by atoms with E-state index < -0.39 is 0 Å². The van der Waals surface area contributed by atoms with Crippen LogP contribution >= 0.6 is 0 Å². The molecule has 0 aromatic carbocycles. The normalized spacial score (nSPS) is 18.6. The summed E-state index contributed by atoms with van der Waals surface area (Å²) in [6, 6.07) is 0. The summed E-state index contributed by atoms with van der Waals surface area (Å²) in [5.74, 6) is 0.712. The van der Waals surface area contributed by atoms with Gasteiger partial charge in [-0.15, -0.1) is 0 Å². The van der Waals surface area contributed by atoms with Crippen molar-refractivity contribution < 1.29 is 9.53 Å². The molecule has 0 aromatic heterocycles. The molecule has 1 rings (SSSR count). The van der Waals surface area contributed by atoms with E-state index in [1.165, 1.54) is 25.7 Å². The first-order chi connectivity index (χ1) is 8.15. The molecule has 1 aliphatic carbocycles. The fourth-order valence-corrected chi connectivity index (χ4v) is 2.86. The Bertz CT molecular complexity index is 225. The molecule has 2 nitrogen and oxygen atoms in total. The lowest BCUT2D eigenvalue weighted by molar-refractivity contribution is -0.160. The first kappa shape index (κ1) is 14.5. The van der Waals surface area contributed by atoms with Crippen LogP contribution in [0.15, 0.2) is 0 Å². The van der Waals surface area contributed by atoms with Crippen LogP contribution in [-0.4, -0.2) is 11.6 Å². The Balaban J connectivity index is 2.33. The molecule has 0 bridgehead atoms. The van der Waals surface area contributed by atoms with E-state index in [0.29, 0.717) is 12.3 Å². The third-order valence-electron chi connectivity index (χ3n) is 4.40. The van der Waals surface area contributed by atoms with Gasteiger partial charge in [-0.3, -0.25) is 4.79 Å². The molecule has 0 N–H and O–H groups in total. The Kier molecular flexibility index (Phi) is 6.01. The van der Waals surface area contributed by atoms with Crippen molar-refractivity contribution in [1.82, 2.24) is 0 Å². The molecule has 0 amide bonds. The zero-order valence-corrected chi connectivity index (χ0v) is 11.8. The van der Waals surface area contributed by atoms with Crippen LogP contribution in [0.1, 0.15) is 78.6 Å². The van der Waals surface area contributed by atoms with Gasteiger partial charge in [-0.05, 0) is 44.4 Å². The third kappa shape index (κ3) is 4.33. The Morgan fingerprint density at radius 2 is 1.76 bits per heavy atom.